The molecule has 1 unspecified atom stereocenters. The van der Waals surface area contributed by atoms with E-state index in [-0.39, 0.29) is 5.38 Å². The summed E-state index contributed by atoms with van der Waals surface area (Å²) in [5, 5.41) is -0.216. The average Bonchev–Trinajstić information content (AvgIpc) is 2.81. The highest BCUT2D eigenvalue weighted by Crippen LogP contribution is 2.37. The highest BCUT2D eigenvalue weighted by molar-refractivity contribution is 6.22. The van der Waals surface area contributed by atoms with E-state index in [1.165, 1.54) is 33.4 Å². The van der Waals surface area contributed by atoms with E-state index in [0.717, 1.165) is 11.5 Å². The van der Waals surface area contributed by atoms with Gasteiger partial charge in [-0.15, -0.1) is 11.6 Å². The lowest BCUT2D eigenvalue weighted by Crippen LogP contribution is -2.05. The Morgan fingerprint density at radius 3 is 1.68 bits per heavy atom. The van der Waals surface area contributed by atoms with Crippen LogP contribution in [0.25, 0.3) is 0 Å². The van der Waals surface area contributed by atoms with Crippen LogP contribution in [0.4, 0.5) is 0 Å². The van der Waals surface area contributed by atoms with Crippen molar-refractivity contribution in [3.8, 4) is 0 Å². The maximum absolute atomic E-state index is 6.66. The number of furan rings is 1. The molecule has 0 radical (unpaired) electrons. The van der Waals surface area contributed by atoms with Crippen LogP contribution in [0.3, 0.4) is 0 Å². The van der Waals surface area contributed by atoms with Gasteiger partial charge in [0.15, 0.2) is 0 Å². The SMILES string of the molecule is Cc1ccc(C(Cl)c2c(C)c(C)c(C)c(C)c2C)o1. The molecule has 2 aromatic rings. The third kappa shape index (κ3) is 2.32. The third-order valence-corrected chi connectivity index (χ3v) is 4.76. The Bertz CT molecular complexity index is 593. The van der Waals surface area contributed by atoms with Crippen molar-refractivity contribution in [2.45, 2.75) is 46.9 Å². The molecule has 0 fully saturated rings. The minimum Gasteiger partial charge on any atom is -0.464 e. The van der Waals surface area contributed by atoms with Crippen LogP contribution in [-0.2, 0) is 0 Å². The molecule has 0 aliphatic carbocycles. The lowest BCUT2D eigenvalue weighted by molar-refractivity contribution is 0.488. The van der Waals surface area contributed by atoms with Crippen LogP contribution >= 0.6 is 11.6 Å². The van der Waals surface area contributed by atoms with Crippen molar-refractivity contribution in [3.63, 3.8) is 0 Å². The van der Waals surface area contributed by atoms with Gasteiger partial charge in [0.25, 0.3) is 0 Å². The zero-order chi connectivity index (χ0) is 14.3. The molecule has 1 heterocycles. The normalized spacial score (nSPS) is 12.8. The molecule has 102 valence electrons. The van der Waals surface area contributed by atoms with Crippen LogP contribution in [0.15, 0.2) is 16.5 Å². The van der Waals surface area contributed by atoms with Crippen LogP contribution in [0.2, 0.25) is 0 Å². The Kier molecular flexibility index (Phi) is 3.78. The van der Waals surface area contributed by atoms with Gasteiger partial charge in [0.05, 0.1) is 0 Å². The zero-order valence-corrected chi connectivity index (χ0v) is 13.3. The van der Waals surface area contributed by atoms with Gasteiger partial charge in [-0.2, -0.15) is 0 Å². The molecule has 1 aromatic heterocycles. The smallest absolute Gasteiger partial charge is 0.126 e. The molecule has 0 aliphatic rings. The summed E-state index contributed by atoms with van der Waals surface area (Å²) in [6, 6.07) is 3.93. The first-order valence-corrected chi connectivity index (χ1v) is 7.05. The molecule has 2 heteroatoms. The summed E-state index contributed by atoms with van der Waals surface area (Å²) < 4.78 is 5.69. The van der Waals surface area contributed by atoms with Gasteiger partial charge in [0.2, 0.25) is 0 Å². The van der Waals surface area contributed by atoms with Crippen LogP contribution in [0.1, 0.15) is 50.3 Å². The second-order valence-corrected chi connectivity index (χ2v) is 5.79. The number of benzene rings is 1. The summed E-state index contributed by atoms with van der Waals surface area (Å²) in [6.07, 6.45) is 0. The summed E-state index contributed by atoms with van der Waals surface area (Å²) in [5.74, 6) is 1.73. The highest BCUT2D eigenvalue weighted by Gasteiger charge is 2.22. The van der Waals surface area contributed by atoms with E-state index in [9.17, 15) is 0 Å². The first kappa shape index (κ1) is 14.2. The molecule has 0 bridgehead atoms. The highest BCUT2D eigenvalue weighted by atomic mass is 35.5. The number of alkyl halides is 1. The Morgan fingerprint density at radius 1 is 0.789 bits per heavy atom. The van der Waals surface area contributed by atoms with E-state index in [4.69, 9.17) is 16.0 Å². The minimum absolute atomic E-state index is 0.216. The van der Waals surface area contributed by atoms with Gasteiger partial charge in [0, 0.05) is 0 Å². The van der Waals surface area contributed by atoms with Gasteiger partial charge in [-0.05, 0) is 87.1 Å². The van der Waals surface area contributed by atoms with Crippen LogP contribution in [0.5, 0.6) is 0 Å². The van der Waals surface area contributed by atoms with Crippen molar-refractivity contribution >= 4 is 11.6 Å². The molecule has 19 heavy (non-hydrogen) atoms. The molecule has 2 rings (SSSR count). The fraction of sp³-hybridized carbons (Fsp3) is 0.412. The maximum Gasteiger partial charge on any atom is 0.126 e. The van der Waals surface area contributed by atoms with E-state index < -0.39 is 0 Å². The summed E-state index contributed by atoms with van der Waals surface area (Å²) in [7, 11) is 0. The second kappa shape index (κ2) is 5.05. The summed E-state index contributed by atoms with van der Waals surface area (Å²) in [5.41, 5.74) is 7.75. The molecule has 0 N–H and O–H groups in total. The fourth-order valence-corrected chi connectivity index (χ4v) is 3.09. The largest absolute Gasteiger partial charge is 0.464 e. The Morgan fingerprint density at radius 2 is 1.26 bits per heavy atom. The van der Waals surface area contributed by atoms with Crippen molar-refractivity contribution in [1.29, 1.82) is 0 Å². The molecule has 0 amide bonds. The monoisotopic (exact) mass is 276 g/mol. The Balaban J connectivity index is 2.63. The number of aryl methyl sites for hydroxylation is 1. The number of hydrogen-bond donors (Lipinski definition) is 0. The number of hydrogen-bond acceptors (Lipinski definition) is 1. The summed E-state index contributed by atoms with van der Waals surface area (Å²) in [6.45, 7) is 12.7. The molecule has 0 spiro atoms. The quantitative estimate of drug-likeness (QED) is 0.664. The third-order valence-electron chi connectivity index (χ3n) is 4.32. The molecule has 1 atom stereocenters. The molecule has 1 nitrogen and oxygen atoms in total. The molecule has 1 aromatic carbocycles. The topological polar surface area (TPSA) is 13.1 Å². The van der Waals surface area contributed by atoms with Crippen molar-refractivity contribution in [2.24, 2.45) is 0 Å². The van der Waals surface area contributed by atoms with Gasteiger partial charge in [-0.1, -0.05) is 0 Å². The average molecular weight is 277 g/mol. The number of halogens is 1. The Hall–Kier alpha value is -1.21. The predicted octanol–water partition coefficient (Wildman–Crippen LogP) is 5.46. The van der Waals surface area contributed by atoms with Crippen molar-refractivity contribution in [3.05, 3.63) is 57.0 Å². The van der Waals surface area contributed by atoms with Gasteiger partial charge < -0.3 is 4.42 Å². The van der Waals surface area contributed by atoms with Gasteiger partial charge in [-0.3, -0.25) is 0 Å². The molecule has 0 saturated heterocycles. The Labute approximate surface area is 120 Å². The summed E-state index contributed by atoms with van der Waals surface area (Å²) >= 11 is 6.66. The second-order valence-electron chi connectivity index (χ2n) is 5.35. The lowest BCUT2D eigenvalue weighted by Gasteiger charge is -2.21. The van der Waals surface area contributed by atoms with E-state index in [1.54, 1.807) is 0 Å². The van der Waals surface area contributed by atoms with Crippen LogP contribution in [0, 0.1) is 41.5 Å². The molecule has 0 saturated carbocycles. The minimum atomic E-state index is -0.216. The van der Waals surface area contributed by atoms with Crippen molar-refractivity contribution in [2.75, 3.05) is 0 Å². The predicted molar refractivity (Wildman–Crippen MR) is 81.3 cm³/mol. The number of rotatable bonds is 2. The van der Waals surface area contributed by atoms with Crippen molar-refractivity contribution in [1.82, 2.24) is 0 Å². The van der Waals surface area contributed by atoms with Crippen molar-refractivity contribution < 1.29 is 4.42 Å². The summed E-state index contributed by atoms with van der Waals surface area (Å²) in [4.78, 5) is 0. The first-order valence-electron chi connectivity index (χ1n) is 6.61. The van der Waals surface area contributed by atoms with Gasteiger partial charge in [-0.25, -0.2) is 0 Å². The molecular formula is C17H21ClO. The van der Waals surface area contributed by atoms with Gasteiger partial charge >= 0.3 is 0 Å². The van der Waals surface area contributed by atoms with E-state index in [1.807, 2.05) is 19.1 Å². The van der Waals surface area contributed by atoms with E-state index >= 15 is 0 Å². The standard InChI is InChI=1S/C17H21ClO/c1-9-7-8-15(19-9)17(18)16-13(5)11(3)10(2)12(4)14(16)6/h7-8,17H,1-6H3. The first-order chi connectivity index (χ1) is 8.84. The molecular weight excluding hydrogens is 256 g/mol. The molecule has 0 aliphatic heterocycles. The van der Waals surface area contributed by atoms with Crippen LogP contribution < -0.4 is 0 Å². The lowest BCUT2D eigenvalue weighted by atomic mass is 9.87. The van der Waals surface area contributed by atoms with Gasteiger partial charge in [0.1, 0.15) is 16.9 Å². The zero-order valence-electron chi connectivity index (χ0n) is 12.5. The maximum atomic E-state index is 6.66. The fourth-order valence-electron chi connectivity index (χ4n) is 2.64. The van der Waals surface area contributed by atoms with E-state index in [0.29, 0.717) is 0 Å². The van der Waals surface area contributed by atoms with E-state index in [2.05, 4.69) is 34.6 Å². The van der Waals surface area contributed by atoms with Crippen LogP contribution in [-0.4, -0.2) is 0 Å².